The van der Waals surface area contributed by atoms with E-state index in [1.54, 1.807) is 25.4 Å². The maximum Gasteiger partial charge on any atom is 0.251 e. The number of methoxy groups -OCH3 is 1. The Bertz CT molecular complexity index is 828. The number of piperidine rings is 1. The van der Waals surface area contributed by atoms with Crippen LogP contribution in [0.4, 0.5) is 0 Å². The summed E-state index contributed by atoms with van der Waals surface area (Å²) in [5.41, 5.74) is 0.554. The van der Waals surface area contributed by atoms with E-state index in [4.69, 9.17) is 9.47 Å². The molecule has 2 aliphatic rings. The minimum atomic E-state index is -0.146. The third-order valence-corrected chi connectivity index (χ3v) is 7.16. The molecule has 1 aliphatic heterocycles. The Labute approximate surface area is 182 Å². The molecule has 30 heavy (non-hydrogen) atoms. The van der Waals surface area contributed by atoms with Crippen molar-refractivity contribution in [3.05, 3.63) is 40.3 Å². The van der Waals surface area contributed by atoms with Crippen molar-refractivity contribution >= 4 is 17.2 Å². The highest BCUT2D eigenvalue weighted by molar-refractivity contribution is 7.09. The van der Waals surface area contributed by atoms with Gasteiger partial charge in [-0.05, 0) is 50.8 Å². The van der Waals surface area contributed by atoms with Crippen LogP contribution in [0.2, 0.25) is 0 Å². The summed E-state index contributed by atoms with van der Waals surface area (Å²) in [5.74, 6) is 1.16. The van der Waals surface area contributed by atoms with Crippen molar-refractivity contribution in [3.63, 3.8) is 0 Å². The number of nitrogens with zero attached hydrogens (tertiary/aromatic N) is 2. The fourth-order valence-electron chi connectivity index (χ4n) is 4.50. The lowest BCUT2D eigenvalue weighted by Crippen LogP contribution is -2.43. The third kappa shape index (κ3) is 4.95. The van der Waals surface area contributed by atoms with E-state index in [1.807, 2.05) is 18.4 Å². The van der Waals surface area contributed by atoms with Gasteiger partial charge in [0.1, 0.15) is 11.1 Å². The number of hydrogen-bond acceptors (Lipinski definition) is 6. The highest BCUT2D eigenvalue weighted by Gasteiger charge is 2.28. The zero-order chi connectivity index (χ0) is 20.9. The molecule has 6 nitrogen and oxygen atoms in total. The summed E-state index contributed by atoms with van der Waals surface area (Å²) in [6.45, 7) is 4.14. The van der Waals surface area contributed by atoms with E-state index in [-0.39, 0.29) is 18.1 Å². The quantitative estimate of drug-likeness (QED) is 0.705. The van der Waals surface area contributed by atoms with Gasteiger partial charge in [-0.25, -0.2) is 4.98 Å². The van der Waals surface area contributed by atoms with E-state index < -0.39 is 0 Å². The second-order valence-corrected chi connectivity index (χ2v) is 9.15. The van der Waals surface area contributed by atoms with Crippen LogP contribution in [0.1, 0.15) is 66.9 Å². The number of carbonyl (C=O) groups excluding carboxylic acids is 1. The molecule has 1 saturated carbocycles. The van der Waals surface area contributed by atoms with Crippen molar-refractivity contribution < 1.29 is 14.3 Å². The van der Waals surface area contributed by atoms with Crippen molar-refractivity contribution in [1.82, 2.24) is 15.2 Å². The monoisotopic (exact) mass is 429 g/mol. The van der Waals surface area contributed by atoms with Crippen LogP contribution in [0.25, 0.3) is 0 Å². The molecule has 0 radical (unpaired) electrons. The SMILES string of the molecule is COc1cc(C(=O)NC(C)c2nccs2)ccc1OC1CCN(C2CCCC2)CC1. The molecule has 1 aliphatic carbocycles. The molecule has 1 amide bonds. The van der Waals surface area contributed by atoms with Gasteiger partial charge in [-0.2, -0.15) is 0 Å². The number of benzene rings is 1. The van der Waals surface area contributed by atoms with Crippen molar-refractivity contribution in [2.75, 3.05) is 20.2 Å². The molecule has 2 aromatic rings. The van der Waals surface area contributed by atoms with Gasteiger partial charge >= 0.3 is 0 Å². The Morgan fingerprint density at radius 2 is 1.97 bits per heavy atom. The standard InChI is InChI=1S/C23H31N3O3S/c1-16(23-24-11-14-30-23)25-22(27)17-7-8-20(21(15-17)28-2)29-19-9-12-26(13-10-19)18-5-3-4-6-18/h7-8,11,14-16,18-19H,3-6,9-10,12-13H2,1-2H3,(H,25,27). The van der Waals surface area contributed by atoms with Crippen LogP contribution in [-0.4, -0.2) is 48.1 Å². The molecule has 1 aromatic heterocycles. The maximum absolute atomic E-state index is 12.6. The van der Waals surface area contributed by atoms with Gasteiger partial charge in [-0.3, -0.25) is 4.79 Å². The smallest absolute Gasteiger partial charge is 0.251 e. The highest BCUT2D eigenvalue weighted by atomic mass is 32.1. The number of amides is 1. The van der Waals surface area contributed by atoms with Crippen LogP contribution >= 0.6 is 11.3 Å². The molecule has 0 spiro atoms. The second-order valence-electron chi connectivity index (χ2n) is 8.22. The van der Waals surface area contributed by atoms with Crippen LogP contribution in [-0.2, 0) is 0 Å². The minimum Gasteiger partial charge on any atom is -0.493 e. The highest BCUT2D eigenvalue weighted by Crippen LogP contribution is 2.32. The Kier molecular flexibility index (Phi) is 6.89. The van der Waals surface area contributed by atoms with Crippen LogP contribution in [0.5, 0.6) is 11.5 Å². The zero-order valence-electron chi connectivity index (χ0n) is 17.8. The van der Waals surface area contributed by atoms with E-state index in [1.165, 1.54) is 37.0 Å². The van der Waals surface area contributed by atoms with Crippen molar-refractivity contribution in [2.45, 2.75) is 63.6 Å². The van der Waals surface area contributed by atoms with Crippen LogP contribution in [0, 0.1) is 0 Å². The number of hydrogen-bond donors (Lipinski definition) is 1. The molecule has 1 saturated heterocycles. The Morgan fingerprint density at radius 3 is 2.63 bits per heavy atom. The van der Waals surface area contributed by atoms with Gasteiger partial charge in [0.2, 0.25) is 0 Å². The lowest BCUT2D eigenvalue weighted by molar-refractivity contribution is 0.0750. The molecule has 0 bridgehead atoms. The molecule has 4 rings (SSSR count). The van der Waals surface area contributed by atoms with Crippen LogP contribution in [0.3, 0.4) is 0 Å². The fraction of sp³-hybridized carbons (Fsp3) is 0.565. The van der Waals surface area contributed by atoms with Gasteiger partial charge < -0.3 is 19.7 Å². The van der Waals surface area contributed by atoms with Crippen LogP contribution < -0.4 is 14.8 Å². The molecular weight excluding hydrogens is 398 g/mol. The predicted octanol–water partition coefficient (Wildman–Crippen LogP) is 4.43. The molecule has 1 aromatic carbocycles. The summed E-state index contributed by atoms with van der Waals surface area (Å²) in [5, 5.41) is 5.79. The van der Waals surface area contributed by atoms with E-state index in [2.05, 4.69) is 15.2 Å². The molecule has 162 valence electrons. The number of carbonyl (C=O) groups is 1. The second kappa shape index (κ2) is 9.79. The Hall–Kier alpha value is -2.12. The van der Waals surface area contributed by atoms with Crippen molar-refractivity contribution in [1.29, 1.82) is 0 Å². The van der Waals surface area contributed by atoms with Crippen LogP contribution in [0.15, 0.2) is 29.8 Å². The summed E-state index contributed by atoms with van der Waals surface area (Å²) in [6.07, 6.45) is 9.47. The first-order valence-electron chi connectivity index (χ1n) is 10.9. The summed E-state index contributed by atoms with van der Waals surface area (Å²) in [7, 11) is 1.62. The first-order valence-corrected chi connectivity index (χ1v) is 11.8. The predicted molar refractivity (Wildman–Crippen MR) is 118 cm³/mol. The van der Waals surface area contributed by atoms with E-state index in [0.717, 1.165) is 37.0 Å². The molecule has 1 unspecified atom stereocenters. The number of rotatable bonds is 7. The number of ether oxygens (including phenoxy) is 2. The largest absolute Gasteiger partial charge is 0.493 e. The Morgan fingerprint density at radius 1 is 1.20 bits per heavy atom. The average molecular weight is 430 g/mol. The van der Waals surface area contributed by atoms with Gasteiger partial charge in [-0.1, -0.05) is 12.8 Å². The van der Waals surface area contributed by atoms with Gasteiger partial charge in [-0.15, -0.1) is 11.3 Å². The minimum absolute atomic E-state index is 0.135. The van der Waals surface area contributed by atoms with Gasteiger partial charge in [0.15, 0.2) is 11.5 Å². The number of nitrogens with one attached hydrogen (secondary N) is 1. The van der Waals surface area contributed by atoms with Crippen molar-refractivity contribution in [2.24, 2.45) is 0 Å². The van der Waals surface area contributed by atoms with Crippen molar-refractivity contribution in [3.8, 4) is 11.5 Å². The molecule has 1 atom stereocenters. The zero-order valence-corrected chi connectivity index (χ0v) is 18.6. The molecular formula is C23H31N3O3S. The first kappa shape index (κ1) is 21.1. The normalized spacial score (nSPS) is 19.5. The lowest BCUT2D eigenvalue weighted by atomic mass is 10.0. The number of aromatic nitrogens is 1. The van der Waals surface area contributed by atoms with Gasteiger partial charge in [0, 0.05) is 36.3 Å². The molecule has 2 heterocycles. The average Bonchev–Trinajstić information content (AvgIpc) is 3.49. The topological polar surface area (TPSA) is 63.7 Å². The summed E-state index contributed by atoms with van der Waals surface area (Å²) < 4.78 is 11.8. The summed E-state index contributed by atoms with van der Waals surface area (Å²) in [4.78, 5) is 19.5. The Balaban J connectivity index is 1.35. The van der Waals surface area contributed by atoms with Gasteiger partial charge in [0.25, 0.3) is 5.91 Å². The number of thiazole rings is 1. The van der Waals surface area contributed by atoms with E-state index >= 15 is 0 Å². The molecule has 2 fully saturated rings. The number of likely N-dealkylation sites (tertiary alicyclic amines) is 1. The lowest BCUT2D eigenvalue weighted by Gasteiger charge is -2.36. The summed E-state index contributed by atoms with van der Waals surface area (Å²) >= 11 is 1.53. The van der Waals surface area contributed by atoms with E-state index in [0.29, 0.717) is 17.1 Å². The molecule has 1 N–H and O–H groups in total. The van der Waals surface area contributed by atoms with E-state index in [9.17, 15) is 4.79 Å². The van der Waals surface area contributed by atoms with Gasteiger partial charge in [0.05, 0.1) is 13.2 Å². The fourth-order valence-corrected chi connectivity index (χ4v) is 5.15. The summed E-state index contributed by atoms with van der Waals surface area (Å²) in [6, 6.07) is 6.06. The first-order chi connectivity index (χ1) is 14.6. The molecule has 7 heteroatoms. The third-order valence-electron chi connectivity index (χ3n) is 6.21. The maximum atomic E-state index is 12.6.